The summed E-state index contributed by atoms with van der Waals surface area (Å²) in [5.41, 5.74) is 4.04. The number of aromatic nitrogens is 3. The van der Waals surface area contributed by atoms with Crippen molar-refractivity contribution < 1.29 is 0 Å². The quantitative estimate of drug-likeness (QED) is 0.729. The van der Waals surface area contributed by atoms with E-state index < -0.39 is 0 Å². The van der Waals surface area contributed by atoms with Crippen molar-refractivity contribution in [1.82, 2.24) is 14.6 Å². The van der Waals surface area contributed by atoms with Crippen LogP contribution in [0.5, 0.6) is 0 Å². The van der Waals surface area contributed by atoms with Crippen LogP contribution in [0.15, 0.2) is 42.7 Å². The minimum absolute atomic E-state index is 0.382. The third-order valence-corrected chi connectivity index (χ3v) is 3.70. The molecule has 0 aliphatic heterocycles. The van der Waals surface area contributed by atoms with Crippen LogP contribution >= 0.6 is 11.6 Å². The zero-order valence-electron chi connectivity index (χ0n) is 12.0. The van der Waals surface area contributed by atoms with Crippen molar-refractivity contribution >= 4 is 28.6 Å². The van der Waals surface area contributed by atoms with Gasteiger partial charge in [0.05, 0.1) is 5.69 Å². The number of hydrogen-bond acceptors (Lipinski definition) is 3. The molecule has 0 aliphatic carbocycles. The van der Waals surface area contributed by atoms with Crippen molar-refractivity contribution in [3.63, 3.8) is 0 Å². The molecule has 1 N–H and O–H groups in total. The van der Waals surface area contributed by atoms with Crippen molar-refractivity contribution in [2.24, 2.45) is 0 Å². The maximum absolute atomic E-state index is 5.98. The minimum atomic E-state index is 0.382. The van der Waals surface area contributed by atoms with Crippen LogP contribution in [0.2, 0.25) is 0 Å². The highest BCUT2D eigenvalue weighted by Gasteiger charge is 2.11. The molecule has 2 aromatic heterocycles. The lowest BCUT2D eigenvalue weighted by Crippen LogP contribution is -1.99. The van der Waals surface area contributed by atoms with Crippen LogP contribution in [0.3, 0.4) is 0 Å². The Labute approximate surface area is 128 Å². The second-order valence-electron chi connectivity index (χ2n) is 5.25. The first-order chi connectivity index (χ1) is 10.2. The fraction of sp³-hybridized carbons (Fsp3) is 0.250. The number of halogens is 1. The predicted octanol–water partition coefficient (Wildman–Crippen LogP) is 4.34. The van der Waals surface area contributed by atoms with Gasteiger partial charge in [-0.1, -0.05) is 32.0 Å². The van der Waals surface area contributed by atoms with Gasteiger partial charge >= 0.3 is 0 Å². The lowest BCUT2D eigenvalue weighted by atomic mass is 10.1. The van der Waals surface area contributed by atoms with Gasteiger partial charge in [-0.05, 0) is 23.6 Å². The molecule has 0 bridgehead atoms. The molecule has 0 aliphatic rings. The van der Waals surface area contributed by atoms with Gasteiger partial charge in [0.15, 0.2) is 5.82 Å². The summed E-state index contributed by atoms with van der Waals surface area (Å²) >= 11 is 5.98. The molecule has 1 aromatic carbocycles. The second kappa shape index (κ2) is 5.74. The van der Waals surface area contributed by atoms with Crippen molar-refractivity contribution in [1.29, 1.82) is 0 Å². The molecule has 0 saturated heterocycles. The fourth-order valence-corrected chi connectivity index (χ4v) is 2.44. The van der Waals surface area contributed by atoms with E-state index in [1.54, 1.807) is 6.20 Å². The SMILES string of the molecule is CC(C)c1cc2c(Nc3ccccc3CCl)nccn2n1. The Kier molecular flexibility index (Phi) is 3.80. The first kappa shape index (κ1) is 13.9. The minimum Gasteiger partial charge on any atom is -0.338 e. The van der Waals surface area contributed by atoms with Crippen LogP contribution in [0.1, 0.15) is 31.0 Å². The fourth-order valence-electron chi connectivity index (χ4n) is 2.21. The van der Waals surface area contributed by atoms with E-state index in [0.29, 0.717) is 11.8 Å². The normalized spacial score (nSPS) is 11.2. The number of anilines is 2. The Morgan fingerprint density at radius 1 is 1.29 bits per heavy atom. The van der Waals surface area contributed by atoms with E-state index in [9.17, 15) is 0 Å². The van der Waals surface area contributed by atoms with E-state index in [-0.39, 0.29) is 0 Å². The molecule has 0 unspecified atom stereocenters. The molecule has 0 spiro atoms. The van der Waals surface area contributed by atoms with Gasteiger partial charge in [-0.2, -0.15) is 5.10 Å². The number of alkyl halides is 1. The molecule has 3 rings (SSSR count). The molecule has 2 heterocycles. The standard InChI is InChI=1S/C16H17ClN4/c1-11(2)14-9-15-16(18-7-8-21(15)20-14)19-13-6-4-3-5-12(13)10-17/h3-9,11H,10H2,1-2H3,(H,18,19). The Morgan fingerprint density at radius 2 is 2.10 bits per heavy atom. The molecule has 108 valence electrons. The first-order valence-electron chi connectivity index (χ1n) is 6.94. The predicted molar refractivity (Wildman–Crippen MR) is 86.4 cm³/mol. The molecule has 0 atom stereocenters. The lowest BCUT2D eigenvalue weighted by Gasteiger charge is -2.10. The second-order valence-corrected chi connectivity index (χ2v) is 5.51. The Morgan fingerprint density at radius 3 is 2.86 bits per heavy atom. The van der Waals surface area contributed by atoms with E-state index in [1.807, 2.05) is 35.0 Å². The first-order valence-corrected chi connectivity index (χ1v) is 7.47. The Hall–Kier alpha value is -2.07. The Bertz CT molecular complexity index is 764. The molecular formula is C16H17ClN4. The van der Waals surface area contributed by atoms with Crippen LogP contribution in [0.25, 0.3) is 5.52 Å². The highest BCUT2D eigenvalue weighted by Crippen LogP contribution is 2.25. The summed E-state index contributed by atoms with van der Waals surface area (Å²) < 4.78 is 1.86. The maximum atomic E-state index is 5.98. The number of hydrogen-bond donors (Lipinski definition) is 1. The van der Waals surface area contributed by atoms with Gasteiger partial charge in [-0.25, -0.2) is 9.50 Å². The zero-order valence-corrected chi connectivity index (χ0v) is 12.8. The van der Waals surface area contributed by atoms with Crippen molar-refractivity contribution in [2.45, 2.75) is 25.6 Å². The third kappa shape index (κ3) is 2.72. The van der Waals surface area contributed by atoms with Gasteiger partial charge in [0.1, 0.15) is 5.52 Å². The smallest absolute Gasteiger partial charge is 0.156 e. The number of nitrogens with one attached hydrogen (secondary N) is 1. The van der Waals surface area contributed by atoms with Crippen LogP contribution in [-0.4, -0.2) is 14.6 Å². The molecular weight excluding hydrogens is 284 g/mol. The number of para-hydroxylation sites is 1. The summed E-state index contributed by atoms with van der Waals surface area (Å²) in [5, 5.41) is 7.93. The third-order valence-electron chi connectivity index (χ3n) is 3.41. The number of rotatable bonds is 4. The highest BCUT2D eigenvalue weighted by molar-refractivity contribution is 6.17. The highest BCUT2D eigenvalue weighted by atomic mass is 35.5. The number of fused-ring (bicyclic) bond motifs is 1. The van der Waals surface area contributed by atoms with Crippen molar-refractivity contribution in [3.05, 3.63) is 54.0 Å². The summed E-state index contributed by atoms with van der Waals surface area (Å²) in [6, 6.07) is 10.0. The number of benzene rings is 1. The van der Waals surface area contributed by atoms with Crippen molar-refractivity contribution in [2.75, 3.05) is 5.32 Å². The molecule has 0 saturated carbocycles. The average Bonchev–Trinajstić information content (AvgIpc) is 2.93. The summed E-state index contributed by atoms with van der Waals surface area (Å²) in [5.74, 6) is 1.63. The molecule has 21 heavy (non-hydrogen) atoms. The van der Waals surface area contributed by atoms with Gasteiger partial charge in [-0.15, -0.1) is 11.6 Å². The summed E-state index contributed by atoms with van der Waals surface area (Å²) in [7, 11) is 0. The molecule has 4 nitrogen and oxygen atoms in total. The number of nitrogens with zero attached hydrogens (tertiary/aromatic N) is 3. The van der Waals surface area contributed by atoms with Gasteiger partial charge in [0, 0.05) is 24.0 Å². The molecule has 0 fully saturated rings. The average molecular weight is 301 g/mol. The molecule has 3 aromatic rings. The van der Waals surface area contributed by atoms with E-state index in [1.165, 1.54) is 0 Å². The van der Waals surface area contributed by atoms with Crippen molar-refractivity contribution in [3.8, 4) is 0 Å². The maximum Gasteiger partial charge on any atom is 0.156 e. The molecule has 0 amide bonds. The topological polar surface area (TPSA) is 42.2 Å². The molecule has 0 radical (unpaired) electrons. The van der Waals surface area contributed by atoms with E-state index in [4.69, 9.17) is 11.6 Å². The van der Waals surface area contributed by atoms with Gasteiger partial charge < -0.3 is 5.32 Å². The van der Waals surface area contributed by atoms with Crippen LogP contribution in [-0.2, 0) is 5.88 Å². The van der Waals surface area contributed by atoms with Crippen LogP contribution in [0.4, 0.5) is 11.5 Å². The van der Waals surface area contributed by atoms with Gasteiger partial charge in [0.25, 0.3) is 0 Å². The summed E-state index contributed by atoms with van der Waals surface area (Å²) in [4.78, 5) is 4.44. The summed E-state index contributed by atoms with van der Waals surface area (Å²) in [6.45, 7) is 4.26. The van der Waals surface area contributed by atoms with Crippen LogP contribution < -0.4 is 5.32 Å². The largest absolute Gasteiger partial charge is 0.338 e. The lowest BCUT2D eigenvalue weighted by molar-refractivity contribution is 0.787. The van der Waals surface area contributed by atoms with E-state index in [2.05, 4.69) is 35.3 Å². The van der Waals surface area contributed by atoms with E-state index in [0.717, 1.165) is 28.3 Å². The van der Waals surface area contributed by atoms with Crippen LogP contribution in [0, 0.1) is 0 Å². The summed E-state index contributed by atoms with van der Waals surface area (Å²) in [6.07, 6.45) is 3.61. The molecule has 5 heteroatoms. The van der Waals surface area contributed by atoms with Gasteiger partial charge in [0.2, 0.25) is 0 Å². The monoisotopic (exact) mass is 300 g/mol. The van der Waals surface area contributed by atoms with E-state index >= 15 is 0 Å². The van der Waals surface area contributed by atoms with Gasteiger partial charge in [-0.3, -0.25) is 0 Å². The Balaban J connectivity index is 2.04. The zero-order chi connectivity index (χ0) is 14.8.